The van der Waals surface area contributed by atoms with Crippen molar-refractivity contribution >= 4 is 11.9 Å². The predicted octanol–water partition coefficient (Wildman–Crippen LogP) is 6.67. The molecule has 6 nitrogen and oxygen atoms in total. The zero-order valence-corrected chi connectivity index (χ0v) is 28.5. The summed E-state index contributed by atoms with van der Waals surface area (Å²) in [5.74, 6) is -3.36. The van der Waals surface area contributed by atoms with E-state index in [1.54, 1.807) is 6.07 Å². The first kappa shape index (κ1) is 34.8. The van der Waals surface area contributed by atoms with Crippen molar-refractivity contribution in [2.45, 2.75) is 38.5 Å². The van der Waals surface area contributed by atoms with Crippen molar-refractivity contribution in [3.63, 3.8) is 0 Å². The summed E-state index contributed by atoms with van der Waals surface area (Å²) in [6.45, 7) is 5.93. The summed E-state index contributed by atoms with van der Waals surface area (Å²) in [5.41, 5.74) is 4.96. The van der Waals surface area contributed by atoms with Gasteiger partial charge in [0.2, 0.25) is 0 Å². The number of carbonyl (C=O) groups excluding carboxylic acids is 1. The number of hydrogen-bond donors (Lipinski definition) is 2. The predicted molar refractivity (Wildman–Crippen MR) is 167 cm³/mol. The number of aromatic hydroxyl groups is 1. The van der Waals surface area contributed by atoms with Crippen LogP contribution in [0.25, 0.3) is 0 Å². The van der Waals surface area contributed by atoms with Gasteiger partial charge in [0.25, 0.3) is 0 Å². The second kappa shape index (κ2) is 15.8. The largest absolute Gasteiger partial charge is 2.00 e. The molecule has 0 aliphatic carbocycles. The van der Waals surface area contributed by atoms with Gasteiger partial charge in [0.05, 0.1) is 5.97 Å². The topological polar surface area (TPSA) is 121 Å². The van der Waals surface area contributed by atoms with Crippen molar-refractivity contribution in [2.75, 3.05) is 0 Å². The van der Waals surface area contributed by atoms with Gasteiger partial charge in [0, 0.05) is 17.8 Å². The van der Waals surface area contributed by atoms with Crippen LogP contribution in [0, 0.1) is 0 Å². The molecule has 0 fully saturated rings. The average Bonchev–Trinajstić information content (AvgIpc) is 3.05. The summed E-state index contributed by atoms with van der Waals surface area (Å²) in [6.07, 6.45) is 0. The molecule has 0 amide bonds. The second-order valence-electron chi connectivity index (χ2n) is 10.8. The van der Waals surface area contributed by atoms with Crippen LogP contribution < -0.4 is 10.2 Å². The van der Waals surface area contributed by atoms with Crippen LogP contribution in [0.2, 0.25) is 0 Å². The smallest absolute Gasteiger partial charge is 0.872 e. The number of carboxylic acid groups (broad SMARTS) is 2. The number of aromatic carboxylic acids is 2. The standard InChI is InChI=1S/C23H22O3.C15H14O3.Zn/c1-15(17-9-5-3-6-10-17)19-13-20(22(24)21(14-19)23(25)26)16(2)18-11-7-4-8-12-18;1-10(11-5-3-2-4-6-11)12-7-8-14(16)13(9-12)15(17)18;/h3-16,24H,1-2H3,(H,25,26);2-10,16H,1H3,(H,17,18);/q;;+2/p-2. The molecule has 45 heavy (non-hydrogen) atoms. The van der Waals surface area contributed by atoms with E-state index in [1.807, 2.05) is 118 Å². The number of carbonyl (C=O) groups is 2. The Labute approximate surface area is 276 Å². The summed E-state index contributed by atoms with van der Waals surface area (Å²) in [5, 5.41) is 42.7. The Morgan fingerprint density at radius 3 is 1.44 bits per heavy atom. The van der Waals surface area contributed by atoms with Gasteiger partial charge in [-0.2, -0.15) is 0 Å². The fourth-order valence-corrected chi connectivity index (χ4v) is 5.18. The average molecular weight is 652 g/mol. The molecule has 0 saturated carbocycles. The SMILES string of the molecule is CC(c1ccccc1)c1cc(C(=O)[O-])c([O-])c(C(C)c2ccccc2)c1.CC(c1ccccc1)c1ccc(O)c(C(=O)O)c1.[Zn+2]. The number of benzene rings is 5. The van der Waals surface area contributed by atoms with Crippen molar-refractivity contribution in [3.05, 3.63) is 166 Å². The molecule has 7 heteroatoms. The third kappa shape index (κ3) is 8.46. The molecule has 0 aliphatic rings. The zero-order chi connectivity index (χ0) is 31.8. The zero-order valence-electron chi connectivity index (χ0n) is 25.5. The summed E-state index contributed by atoms with van der Waals surface area (Å²) >= 11 is 0. The van der Waals surface area contributed by atoms with Crippen LogP contribution in [0.4, 0.5) is 0 Å². The van der Waals surface area contributed by atoms with Gasteiger partial charge in [-0.15, -0.1) is 0 Å². The fourth-order valence-electron chi connectivity index (χ4n) is 5.18. The van der Waals surface area contributed by atoms with E-state index in [4.69, 9.17) is 5.11 Å². The Morgan fingerprint density at radius 2 is 1.00 bits per heavy atom. The molecule has 224 valence electrons. The molecule has 0 aromatic heterocycles. The van der Waals surface area contributed by atoms with Crippen LogP contribution in [-0.2, 0) is 19.5 Å². The van der Waals surface area contributed by atoms with E-state index in [0.29, 0.717) is 5.56 Å². The molecule has 5 aromatic rings. The second-order valence-corrected chi connectivity index (χ2v) is 10.8. The van der Waals surface area contributed by atoms with E-state index in [1.165, 1.54) is 18.2 Å². The van der Waals surface area contributed by atoms with Crippen LogP contribution in [0.3, 0.4) is 0 Å². The first-order valence-corrected chi connectivity index (χ1v) is 14.4. The molecule has 0 spiro atoms. The van der Waals surface area contributed by atoms with Crippen molar-refractivity contribution in [1.82, 2.24) is 0 Å². The maximum absolute atomic E-state index is 12.7. The monoisotopic (exact) mass is 650 g/mol. The first-order chi connectivity index (χ1) is 21.1. The number of rotatable bonds is 8. The van der Waals surface area contributed by atoms with Crippen molar-refractivity contribution in [3.8, 4) is 11.5 Å². The van der Waals surface area contributed by atoms with Gasteiger partial charge in [-0.25, -0.2) is 4.79 Å². The third-order valence-corrected chi connectivity index (χ3v) is 7.98. The van der Waals surface area contributed by atoms with Gasteiger partial charge in [-0.1, -0.05) is 130 Å². The van der Waals surface area contributed by atoms with Crippen LogP contribution in [0.1, 0.15) is 92.6 Å². The van der Waals surface area contributed by atoms with Gasteiger partial charge < -0.3 is 25.2 Å². The number of carboxylic acids is 2. The first-order valence-electron chi connectivity index (χ1n) is 14.4. The molecule has 5 aromatic carbocycles. The molecule has 0 heterocycles. The molecule has 0 radical (unpaired) electrons. The molecular weight excluding hydrogens is 618 g/mol. The Balaban J connectivity index is 0.000000256. The quantitative estimate of drug-likeness (QED) is 0.181. The van der Waals surface area contributed by atoms with Crippen LogP contribution in [0.5, 0.6) is 11.5 Å². The summed E-state index contributed by atoms with van der Waals surface area (Å²) in [4.78, 5) is 22.5. The van der Waals surface area contributed by atoms with Gasteiger partial charge >= 0.3 is 25.4 Å². The Bertz CT molecular complexity index is 1720. The maximum atomic E-state index is 12.7. The van der Waals surface area contributed by atoms with Crippen molar-refractivity contribution in [2.24, 2.45) is 0 Å². The van der Waals surface area contributed by atoms with Crippen LogP contribution in [-0.4, -0.2) is 22.2 Å². The van der Waals surface area contributed by atoms with E-state index in [9.17, 15) is 24.9 Å². The number of phenols is 1. The van der Waals surface area contributed by atoms with E-state index >= 15 is 0 Å². The van der Waals surface area contributed by atoms with E-state index in [0.717, 1.165) is 27.8 Å². The number of hydrogen-bond acceptors (Lipinski definition) is 5. The van der Waals surface area contributed by atoms with Crippen molar-refractivity contribution in [1.29, 1.82) is 0 Å². The van der Waals surface area contributed by atoms with E-state index in [2.05, 4.69) is 0 Å². The van der Waals surface area contributed by atoms with Gasteiger partial charge in [0.15, 0.2) is 0 Å². The molecule has 5 rings (SSSR count). The fraction of sp³-hybridized carbons (Fsp3) is 0.158. The third-order valence-electron chi connectivity index (χ3n) is 7.98. The molecule has 0 bridgehead atoms. The van der Waals surface area contributed by atoms with Crippen LogP contribution in [0.15, 0.2) is 121 Å². The van der Waals surface area contributed by atoms with Gasteiger partial charge in [0.1, 0.15) is 11.3 Å². The molecular formula is C38H34O6Zn. The molecule has 0 aliphatic heterocycles. The normalized spacial score (nSPS) is 12.4. The minimum absolute atomic E-state index is 0. The van der Waals surface area contributed by atoms with Crippen LogP contribution >= 0.6 is 0 Å². The maximum Gasteiger partial charge on any atom is 2.00 e. The summed E-state index contributed by atoms with van der Waals surface area (Å²) < 4.78 is 0. The summed E-state index contributed by atoms with van der Waals surface area (Å²) in [7, 11) is 0. The Hall–Kier alpha value is -4.74. The summed E-state index contributed by atoms with van der Waals surface area (Å²) in [6, 6.07) is 37.3. The Morgan fingerprint density at radius 1 is 0.578 bits per heavy atom. The van der Waals surface area contributed by atoms with Crippen molar-refractivity contribution < 1.29 is 49.5 Å². The molecule has 0 saturated heterocycles. The Kier molecular flexibility index (Phi) is 12.2. The van der Waals surface area contributed by atoms with E-state index in [-0.39, 0.29) is 54.1 Å². The molecule has 2 N–H and O–H groups in total. The van der Waals surface area contributed by atoms with E-state index < -0.39 is 17.7 Å². The molecule has 3 atom stereocenters. The molecule has 3 unspecified atom stereocenters. The van der Waals surface area contributed by atoms with Gasteiger partial charge in [-0.05, 0) is 57.1 Å². The minimum Gasteiger partial charge on any atom is -0.872 e. The minimum atomic E-state index is -1.43. The van der Waals surface area contributed by atoms with Gasteiger partial charge in [-0.3, -0.25) is 0 Å².